The number of benzene rings is 2. The van der Waals surface area contributed by atoms with Crippen molar-refractivity contribution in [2.45, 2.75) is 0 Å². The number of nitrogens with zero attached hydrogens (tertiary/aromatic N) is 2. The number of thiophene rings is 1. The molecule has 0 bridgehead atoms. The molecule has 1 aliphatic rings. The predicted octanol–water partition coefficient (Wildman–Crippen LogP) is 3.50. The molecule has 0 saturated carbocycles. The third-order valence-electron chi connectivity index (χ3n) is 4.59. The van der Waals surface area contributed by atoms with Crippen LogP contribution in [0.1, 0.15) is 20.7 Å². The van der Waals surface area contributed by atoms with Crippen molar-refractivity contribution in [2.24, 2.45) is 0 Å². The Morgan fingerprint density at radius 3 is 2.08 bits per heavy atom. The van der Waals surface area contributed by atoms with Gasteiger partial charge in [-0.3, -0.25) is 9.59 Å². The van der Waals surface area contributed by atoms with E-state index in [1.54, 1.807) is 11.3 Å². The van der Waals surface area contributed by atoms with Crippen molar-refractivity contribution >= 4 is 33.2 Å². The van der Waals surface area contributed by atoms with Crippen molar-refractivity contribution in [1.29, 1.82) is 0 Å². The Morgan fingerprint density at radius 1 is 0.760 bits per heavy atom. The van der Waals surface area contributed by atoms with Gasteiger partial charge in [-0.2, -0.15) is 0 Å². The molecule has 126 valence electrons. The highest BCUT2D eigenvalue weighted by molar-refractivity contribution is 7.17. The number of hydrogen-bond acceptors (Lipinski definition) is 3. The predicted molar refractivity (Wildman–Crippen MR) is 100 cm³/mol. The minimum atomic E-state index is 0.0358. The zero-order valence-electron chi connectivity index (χ0n) is 13.7. The van der Waals surface area contributed by atoms with E-state index < -0.39 is 0 Å². The molecule has 0 unspecified atom stereocenters. The molecule has 0 N–H and O–H groups in total. The Morgan fingerprint density at radius 2 is 1.36 bits per heavy atom. The lowest BCUT2D eigenvalue weighted by Crippen LogP contribution is -2.50. The fraction of sp³-hybridized carbons (Fsp3) is 0.200. The highest BCUT2D eigenvalue weighted by Gasteiger charge is 2.26. The first-order valence-electron chi connectivity index (χ1n) is 8.34. The van der Waals surface area contributed by atoms with Crippen LogP contribution < -0.4 is 0 Å². The van der Waals surface area contributed by atoms with E-state index in [4.69, 9.17) is 0 Å². The van der Waals surface area contributed by atoms with Crippen molar-refractivity contribution in [3.63, 3.8) is 0 Å². The fourth-order valence-corrected chi connectivity index (χ4v) is 4.12. The average Bonchev–Trinajstić information content (AvgIpc) is 3.12. The molecule has 3 aromatic rings. The Balaban J connectivity index is 1.45. The topological polar surface area (TPSA) is 40.6 Å². The molecule has 0 atom stereocenters. The normalized spacial score (nSPS) is 14.7. The molecule has 0 spiro atoms. The van der Waals surface area contributed by atoms with Gasteiger partial charge in [0.25, 0.3) is 11.8 Å². The second-order valence-electron chi connectivity index (χ2n) is 6.10. The van der Waals surface area contributed by atoms with Gasteiger partial charge in [0.2, 0.25) is 0 Å². The van der Waals surface area contributed by atoms with E-state index in [-0.39, 0.29) is 11.8 Å². The minimum absolute atomic E-state index is 0.0358. The molecule has 1 fully saturated rings. The van der Waals surface area contributed by atoms with Crippen LogP contribution >= 0.6 is 11.3 Å². The monoisotopic (exact) mass is 350 g/mol. The van der Waals surface area contributed by atoms with Crippen LogP contribution in [0.15, 0.2) is 60.0 Å². The number of carbonyl (C=O) groups excluding carboxylic acids is 2. The number of rotatable bonds is 2. The standard InChI is InChI=1S/C20H18N2O2S/c23-19(15-6-2-1-3-7-15)21-10-12-22(13-11-21)20(24)17-14-25-18-9-5-4-8-16(17)18/h1-9,14H,10-13H2. The first-order chi connectivity index (χ1) is 12.2. The van der Waals surface area contributed by atoms with Crippen LogP contribution in [-0.4, -0.2) is 47.8 Å². The van der Waals surface area contributed by atoms with E-state index in [1.807, 2.05) is 69.8 Å². The Bertz CT molecular complexity index is 912. The molecule has 1 aromatic heterocycles. The quantitative estimate of drug-likeness (QED) is 0.710. The van der Waals surface area contributed by atoms with Gasteiger partial charge in [-0.25, -0.2) is 0 Å². The van der Waals surface area contributed by atoms with Crippen LogP contribution in [0.2, 0.25) is 0 Å². The Labute approximate surface area is 150 Å². The van der Waals surface area contributed by atoms with Crippen molar-refractivity contribution in [3.05, 3.63) is 71.1 Å². The van der Waals surface area contributed by atoms with Gasteiger partial charge in [0.15, 0.2) is 0 Å². The van der Waals surface area contributed by atoms with E-state index in [1.165, 1.54) is 0 Å². The highest BCUT2D eigenvalue weighted by Crippen LogP contribution is 2.27. The largest absolute Gasteiger partial charge is 0.335 e. The maximum atomic E-state index is 12.9. The number of carbonyl (C=O) groups is 2. The molecule has 0 aliphatic carbocycles. The maximum Gasteiger partial charge on any atom is 0.255 e. The van der Waals surface area contributed by atoms with Crippen LogP contribution in [0.5, 0.6) is 0 Å². The van der Waals surface area contributed by atoms with Crippen molar-refractivity contribution in [2.75, 3.05) is 26.2 Å². The molecule has 1 saturated heterocycles. The first kappa shape index (κ1) is 15.8. The molecule has 5 heteroatoms. The van der Waals surface area contributed by atoms with Crippen molar-refractivity contribution in [1.82, 2.24) is 9.80 Å². The van der Waals surface area contributed by atoms with Crippen LogP contribution in [0, 0.1) is 0 Å². The molecule has 0 radical (unpaired) electrons. The fourth-order valence-electron chi connectivity index (χ4n) is 3.19. The van der Waals surface area contributed by atoms with Gasteiger partial charge in [0.05, 0.1) is 5.56 Å². The molecule has 25 heavy (non-hydrogen) atoms. The molecular formula is C20H18N2O2S. The summed E-state index contributed by atoms with van der Waals surface area (Å²) in [6.45, 7) is 2.28. The molecule has 2 heterocycles. The number of fused-ring (bicyclic) bond motifs is 1. The number of piperazine rings is 1. The molecular weight excluding hydrogens is 332 g/mol. The SMILES string of the molecule is O=C(c1ccccc1)N1CCN(C(=O)c2csc3ccccc23)CC1. The summed E-state index contributed by atoms with van der Waals surface area (Å²) in [7, 11) is 0. The highest BCUT2D eigenvalue weighted by atomic mass is 32.1. The van der Waals surface area contributed by atoms with E-state index in [0.29, 0.717) is 31.7 Å². The zero-order chi connectivity index (χ0) is 17.2. The summed E-state index contributed by atoms with van der Waals surface area (Å²) in [5.74, 6) is 0.0953. The summed E-state index contributed by atoms with van der Waals surface area (Å²) in [5.41, 5.74) is 1.47. The first-order valence-corrected chi connectivity index (χ1v) is 9.22. The number of hydrogen-bond donors (Lipinski definition) is 0. The second-order valence-corrected chi connectivity index (χ2v) is 7.01. The molecule has 1 aliphatic heterocycles. The molecule has 4 rings (SSSR count). The third-order valence-corrected chi connectivity index (χ3v) is 5.55. The van der Waals surface area contributed by atoms with Gasteiger partial charge < -0.3 is 9.80 Å². The average molecular weight is 350 g/mol. The summed E-state index contributed by atoms with van der Waals surface area (Å²) >= 11 is 1.60. The summed E-state index contributed by atoms with van der Waals surface area (Å²) < 4.78 is 1.13. The summed E-state index contributed by atoms with van der Waals surface area (Å²) in [6.07, 6.45) is 0. The Kier molecular flexibility index (Phi) is 4.24. The van der Waals surface area contributed by atoms with Gasteiger partial charge in [0.1, 0.15) is 0 Å². The summed E-state index contributed by atoms with van der Waals surface area (Å²) in [4.78, 5) is 29.0. The minimum Gasteiger partial charge on any atom is -0.335 e. The van der Waals surface area contributed by atoms with Crippen molar-refractivity contribution in [3.8, 4) is 0 Å². The van der Waals surface area contributed by atoms with Crippen LogP contribution in [0.25, 0.3) is 10.1 Å². The molecule has 2 amide bonds. The van der Waals surface area contributed by atoms with Crippen molar-refractivity contribution < 1.29 is 9.59 Å². The summed E-state index contributed by atoms with van der Waals surface area (Å²) in [6, 6.07) is 17.3. The second kappa shape index (κ2) is 6.69. The maximum absolute atomic E-state index is 12.9. The third kappa shape index (κ3) is 3.03. The lowest BCUT2D eigenvalue weighted by Gasteiger charge is -2.34. The van der Waals surface area contributed by atoms with Crippen LogP contribution in [-0.2, 0) is 0 Å². The number of amides is 2. The van der Waals surface area contributed by atoms with Gasteiger partial charge in [0, 0.05) is 47.2 Å². The van der Waals surface area contributed by atoms with E-state index in [9.17, 15) is 9.59 Å². The smallest absolute Gasteiger partial charge is 0.255 e. The molecule has 2 aromatic carbocycles. The van der Waals surface area contributed by atoms with E-state index >= 15 is 0 Å². The van der Waals surface area contributed by atoms with E-state index in [2.05, 4.69) is 0 Å². The van der Waals surface area contributed by atoms with Gasteiger partial charge in [-0.15, -0.1) is 11.3 Å². The lowest BCUT2D eigenvalue weighted by molar-refractivity contribution is 0.0537. The zero-order valence-corrected chi connectivity index (χ0v) is 14.5. The van der Waals surface area contributed by atoms with Gasteiger partial charge in [-0.05, 0) is 18.2 Å². The van der Waals surface area contributed by atoms with Crippen LogP contribution in [0.3, 0.4) is 0 Å². The van der Waals surface area contributed by atoms with E-state index in [0.717, 1.165) is 15.6 Å². The lowest BCUT2D eigenvalue weighted by atomic mass is 10.1. The summed E-state index contributed by atoms with van der Waals surface area (Å²) in [5, 5.41) is 2.95. The van der Waals surface area contributed by atoms with Gasteiger partial charge in [-0.1, -0.05) is 36.4 Å². The molecule has 4 nitrogen and oxygen atoms in total. The van der Waals surface area contributed by atoms with Crippen LogP contribution in [0.4, 0.5) is 0 Å². The van der Waals surface area contributed by atoms with Gasteiger partial charge >= 0.3 is 0 Å². The Hall–Kier alpha value is -2.66.